The average molecular weight is 473 g/mol. The van der Waals surface area contributed by atoms with Crippen molar-refractivity contribution in [2.45, 2.75) is 87.7 Å². The fourth-order valence-corrected chi connectivity index (χ4v) is 7.17. The number of ether oxygens (including phenoxy) is 2. The number of aliphatic hydroxyl groups is 4. The minimum atomic E-state index is -1.76. The number of hydrogen-bond acceptors (Lipinski definition) is 7. The van der Waals surface area contributed by atoms with Gasteiger partial charge < -0.3 is 35.0 Å². The number of carboxylic acid groups (broad SMARTS) is 1. The lowest BCUT2D eigenvalue weighted by atomic mass is 9.53. The summed E-state index contributed by atoms with van der Waals surface area (Å²) in [6.45, 7) is 2.15. The van der Waals surface area contributed by atoms with E-state index in [9.17, 15) is 30.3 Å². The van der Waals surface area contributed by atoms with E-state index >= 15 is 0 Å². The van der Waals surface area contributed by atoms with E-state index in [1.807, 2.05) is 12.1 Å². The molecule has 2 saturated carbocycles. The lowest BCUT2D eigenvalue weighted by Gasteiger charge is -2.52. The first kappa shape index (κ1) is 23.6. The van der Waals surface area contributed by atoms with Crippen LogP contribution >= 0.6 is 0 Å². The summed E-state index contributed by atoms with van der Waals surface area (Å²) in [5.41, 5.74) is 1.09. The number of rotatable bonds is 3. The van der Waals surface area contributed by atoms with Crippen molar-refractivity contribution in [2.24, 2.45) is 17.3 Å². The van der Waals surface area contributed by atoms with E-state index in [1.54, 1.807) is 6.07 Å². The van der Waals surface area contributed by atoms with E-state index in [0.717, 1.165) is 37.7 Å². The molecule has 8 heteroatoms. The SMILES string of the molecule is C#C[C@]1(O)CC[C@H]2[C@@H]3CCc4cc(O[C@@H]5OC(C(=O)O)[C@@H](O)[C@H](O)[C@@H]5O)ccc4[C@H]3CC[C@@]21C. The first-order valence-electron chi connectivity index (χ1n) is 12.0. The number of hydrogen-bond donors (Lipinski definition) is 5. The van der Waals surface area contributed by atoms with Crippen molar-refractivity contribution in [3.63, 3.8) is 0 Å². The van der Waals surface area contributed by atoms with Crippen molar-refractivity contribution in [3.05, 3.63) is 29.3 Å². The molecular weight excluding hydrogens is 440 g/mol. The summed E-state index contributed by atoms with van der Waals surface area (Å²) in [6, 6.07) is 5.67. The maximum absolute atomic E-state index is 11.3. The number of fused-ring (bicyclic) bond motifs is 5. The van der Waals surface area contributed by atoms with Gasteiger partial charge in [-0.3, -0.25) is 0 Å². The van der Waals surface area contributed by atoms with Crippen LogP contribution in [0.25, 0.3) is 0 Å². The first-order valence-corrected chi connectivity index (χ1v) is 12.0. The molecular formula is C26H32O8. The topological polar surface area (TPSA) is 137 Å². The minimum absolute atomic E-state index is 0.260. The fraction of sp³-hybridized carbons (Fsp3) is 0.654. The molecule has 5 rings (SSSR count). The van der Waals surface area contributed by atoms with E-state index < -0.39 is 42.3 Å². The molecule has 1 aromatic rings. The van der Waals surface area contributed by atoms with Crippen molar-refractivity contribution in [2.75, 3.05) is 0 Å². The van der Waals surface area contributed by atoms with E-state index in [0.29, 0.717) is 29.9 Å². The summed E-state index contributed by atoms with van der Waals surface area (Å²) in [6.07, 6.45) is 2.78. The highest BCUT2D eigenvalue weighted by Crippen LogP contribution is 2.64. The Morgan fingerprint density at radius 3 is 2.62 bits per heavy atom. The van der Waals surface area contributed by atoms with Gasteiger partial charge in [-0.1, -0.05) is 18.9 Å². The monoisotopic (exact) mass is 472 g/mol. The molecule has 1 aliphatic heterocycles. The highest BCUT2D eigenvalue weighted by atomic mass is 16.7. The van der Waals surface area contributed by atoms with Gasteiger partial charge in [-0.2, -0.15) is 0 Å². The number of aliphatic carboxylic acids is 1. The Balaban J connectivity index is 1.35. The van der Waals surface area contributed by atoms with Gasteiger partial charge in [0.15, 0.2) is 6.10 Å². The van der Waals surface area contributed by atoms with Crippen LogP contribution in [-0.4, -0.2) is 67.8 Å². The van der Waals surface area contributed by atoms with E-state index in [4.69, 9.17) is 15.9 Å². The molecule has 3 fully saturated rings. The standard InChI is InChI=1S/C26H32O8/c1-3-26(32)11-9-18-17-6-4-13-12-14(5-7-15(13)16(17)8-10-25(18,26)2)33-24-21(29)19(27)20(28)22(34-24)23(30)31/h1,5,7,12,16-22,24,27-29,32H,4,6,8-11H2,2H3,(H,30,31)/t16-,17-,18+,19+,20+,21+,22?,24-,25+,26+/m1/s1. The van der Waals surface area contributed by atoms with Crippen LogP contribution in [0.1, 0.15) is 56.1 Å². The van der Waals surface area contributed by atoms with Crippen LogP contribution in [0, 0.1) is 29.6 Å². The van der Waals surface area contributed by atoms with Gasteiger partial charge in [0, 0.05) is 5.41 Å². The fourth-order valence-electron chi connectivity index (χ4n) is 7.17. The highest BCUT2D eigenvalue weighted by molar-refractivity contribution is 5.73. The van der Waals surface area contributed by atoms with Crippen molar-refractivity contribution in [3.8, 4) is 18.1 Å². The van der Waals surface area contributed by atoms with Crippen LogP contribution in [0.5, 0.6) is 5.75 Å². The maximum atomic E-state index is 11.3. The van der Waals surface area contributed by atoms with Crippen LogP contribution in [0.4, 0.5) is 0 Å². The molecule has 1 unspecified atom stereocenters. The van der Waals surface area contributed by atoms with Gasteiger partial charge in [0.25, 0.3) is 0 Å². The second-order valence-electron chi connectivity index (χ2n) is 10.6. The molecule has 5 N–H and O–H groups in total. The molecule has 1 saturated heterocycles. The maximum Gasteiger partial charge on any atom is 0.335 e. The molecule has 8 nitrogen and oxygen atoms in total. The Morgan fingerprint density at radius 1 is 1.15 bits per heavy atom. The predicted molar refractivity (Wildman–Crippen MR) is 120 cm³/mol. The third-order valence-electron chi connectivity index (χ3n) is 9.15. The molecule has 0 bridgehead atoms. The van der Waals surface area contributed by atoms with E-state index in [2.05, 4.69) is 12.8 Å². The molecule has 0 aromatic heterocycles. The largest absolute Gasteiger partial charge is 0.479 e. The first-order chi connectivity index (χ1) is 16.1. The molecule has 4 aliphatic rings. The molecule has 10 atom stereocenters. The quantitative estimate of drug-likeness (QED) is 0.414. The summed E-state index contributed by atoms with van der Waals surface area (Å²) < 4.78 is 11.0. The van der Waals surface area contributed by atoms with Gasteiger partial charge >= 0.3 is 5.97 Å². The molecule has 0 spiro atoms. The Bertz CT molecular complexity index is 1020. The third-order valence-corrected chi connectivity index (χ3v) is 9.15. The summed E-state index contributed by atoms with van der Waals surface area (Å²) in [5, 5.41) is 50.5. The van der Waals surface area contributed by atoms with Crippen molar-refractivity contribution >= 4 is 5.97 Å². The number of carbonyl (C=O) groups is 1. The van der Waals surface area contributed by atoms with Crippen molar-refractivity contribution in [1.82, 2.24) is 0 Å². The zero-order valence-corrected chi connectivity index (χ0v) is 19.1. The van der Waals surface area contributed by atoms with E-state index in [-0.39, 0.29) is 5.41 Å². The smallest absolute Gasteiger partial charge is 0.335 e. The zero-order valence-electron chi connectivity index (χ0n) is 19.1. The number of aliphatic hydroxyl groups excluding tert-OH is 3. The number of benzene rings is 1. The van der Waals surface area contributed by atoms with Crippen LogP contribution in [0.3, 0.4) is 0 Å². The van der Waals surface area contributed by atoms with Crippen LogP contribution in [0.2, 0.25) is 0 Å². The van der Waals surface area contributed by atoms with Crippen LogP contribution in [0.15, 0.2) is 18.2 Å². The normalized spacial score (nSPS) is 45.4. The summed E-state index contributed by atoms with van der Waals surface area (Å²) in [5.74, 6) is 2.86. The van der Waals surface area contributed by atoms with Gasteiger partial charge in [0.1, 0.15) is 29.7 Å². The van der Waals surface area contributed by atoms with Gasteiger partial charge in [-0.05, 0) is 79.5 Å². The zero-order chi connectivity index (χ0) is 24.4. The van der Waals surface area contributed by atoms with E-state index in [1.165, 1.54) is 5.56 Å². The molecule has 184 valence electrons. The Morgan fingerprint density at radius 2 is 1.91 bits per heavy atom. The lowest BCUT2D eigenvalue weighted by molar-refractivity contribution is -0.271. The summed E-state index contributed by atoms with van der Waals surface area (Å²) >= 11 is 0. The Hall–Kier alpha value is -2.15. The Labute approximate surface area is 198 Å². The minimum Gasteiger partial charge on any atom is -0.479 e. The third kappa shape index (κ3) is 3.37. The molecule has 1 heterocycles. The average Bonchev–Trinajstić information content (AvgIpc) is 3.10. The van der Waals surface area contributed by atoms with Gasteiger partial charge in [0.05, 0.1) is 0 Å². The number of carboxylic acids is 1. The Kier molecular flexibility index (Phi) is 5.70. The number of terminal acetylenes is 1. The second kappa shape index (κ2) is 8.21. The van der Waals surface area contributed by atoms with Gasteiger partial charge in [-0.25, -0.2) is 4.79 Å². The summed E-state index contributed by atoms with van der Waals surface area (Å²) in [7, 11) is 0. The van der Waals surface area contributed by atoms with Crippen LogP contribution < -0.4 is 4.74 Å². The molecule has 0 radical (unpaired) electrons. The highest BCUT2D eigenvalue weighted by Gasteiger charge is 2.61. The molecule has 1 aromatic carbocycles. The number of aryl methyl sites for hydroxylation is 1. The molecule has 3 aliphatic carbocycles. The molecule has 34 heavy (non-hydrogen) atoms. The van der Waals surface area contributed by atoms with Crippen molar-refractivity contribution in [1.29, 1.82) is 0 Å². The molecule has 0 amide bonds. The van der Waals surface area contributed by atoms with Gasteiger partial charge in [-0.15, -0.1) is 6.42 Å². The lowest BCUT2D eigenvalue weighted by Crippen LogP contribution is -2.61. The van der Waals surface area contributed by atoms with Crippen molar-refractivity contribution < 1.29 is 39.8 Å². The van der Waals surface area contributed by atoms with Gasteiger partial charge in [0.2, 0.25) is 6.29 Å². The predicted octanol–water partition coefficient (Wildman–Crippen LogP) is 1.18. The summed E-state index contributed by atoms with van der Waals surface area (Å²) in [4.78, 5) is 11.3. The van der Waals surface area contributed by atoms with Crippen LogP contribution in [-0.2, 0) is 16.0 Å². The second-order valence-corrected chi connectivity index (χ2v) is 10.6.